The number of nitrogens with two attached hydrogens (primary N) is 1. The monoisotopic (exact) mass is 453 g/mol. The molecule has 0 bridgehead atoms. The molecular weight excluding hydrogens is 426 g/mol. The first-order chi connectivity index (χ1) is 15.2. The first-order valence-corrected chi connectivity index (χ1v) is 10.1. The summed E-state index contributed by atoms with van der Waals surface area (Å²) in [5.41, 5.74) is 4.44. The second-order valence-electron chi connectivity index (χ2n) is 7.61. The van der Waals surface area contributed by atoms with E-state index in [4.69, 9.17) is 25.4 Å². The lowest BCUT2D eigenvalue weighted by molar-refractivity contribution is -0.0458. The predicted molar refractivity (Wildman–Crippen MR) is 111 cm³/mol. The minimum absolute atomic E-state index is 0.0480. The Bertz CT molecular complexity index is 1100. The Kier molecular flexibility index (Phi) is 7.58. The molecule has 6 N–H and O–H groups in total. The number of hydrogen-bond donors (Lipinski definition) is 5. The van der Waals surface area contributed by atoms with E-state index in [0.717, 1.165) is 0 Å². The molecule has 0 saturated carbocycles. The quantitative estimate of drug-likeness (QED) is 0.345. The number of aliphatic hydroxyl groups excluding tert-OH is 3. The summed E-state index contributed by atoms with van der Waals surface area (Å²) in [7, 11) is 0. The molecule has 2 saturated heterocycles. The lowest BCUT2D eigenvalue weighted by Gasteiger charge is -2.14. The third kappa shape index (κ3) is 5.31. The Morgan fingerprint density at radius 1 is 1.16 bits per heavy atom. The van der Waals surface area contributed by atoms with Crippen LogP contribution in [0.3, 0.4) is 0 Å². The smallest absolute Gasteiger partial charge is 0.351 e. The SMILES string of the molecule is Cc1cn([C@H]2CC[C@@H](CO)O2)c(=O)[nH]c1=O.Nc1ccn([C@H]2C[C@H](O)[C@@H](CO)O2)c(=O)n1. The number of anilines is 1. The van der Waals surface area contributed by atoms with Gasteiger partial charge in [-0.1, -0.05) is 0 Å². The van der Waals surface area contributed by atoms with Crippen LogP contribution in [0, 0.1) is 6.92 Å². The largest absolute Gasteiger partial charge is 0.394 e. The maximum Gasteiger partial charge on any atom is 0.351 e. The summed E-state index contributed by atoms with van der Waals surface area (Å²) in [5, 5.41) is 27.4. The van der Waals surface area contributed by atoms with E-state index >= 15 is 0 Å². The standard InChI is InChI=1S/C10H14N2O4.C9H13N3O4/c1-6-4-12(10(15)11-9(6)14)8-3-2-7(5-13)16-8;10-7-1-2-12(9(15)11-7)8-3-5(14)6(4-13)16-8/h4,7-8,13H,2-3,5H2,1H3,(H,11,14,15);1-2,5-6,8,13-14H,3-4H2,(H2,10,11,15)/t7-,8+;5-,6+,8+/m00/s1. The highest BCUT2D eigenvalue weighted by atomic mass is 16.5. The summed E-state index contributed by atoms with van der Waals surface area (Å²) in [6, 6.07) is 1.48. The van der Waals surface area contributed by atoms with Crippen LogP contribution in [0.5, 0.6) is 0 Å². The van der Waals surface area contributed by atoms with Crippen LogP contribution < -0.4 is 22.7 Å². The number of hydrogen-bond acceptors (Lipinski definition) is 10. The van der Waals surface area contributed by atoms with E-state index < -0.39 is 29.8 Å². The van der Waals surface area contributed by atoms with Gasteiger partial charge in [0, 0.05) is 24.4 Å². The Morgan fingerprint density at radius 2 is 1.91 bits per heavy atom. The van der Waals surface area contributed by atoms with Crippen molar-refractivity contribution in [3.05, 3.63) is 55.3 Å². The second kappa shape index (κ2) is 10.2. The number of nitrogens with zero attached hydrogens (tertiary/aromatic N) is 3. The Balaban J connectivity index is 0.000000181. The summed E-state index contributed by atoms with van der Waals surface area (Å²) in [6.45, 7) is 1.30. The molecule has 2 aromatic rings. The average Bonchev–Trinajstić information content (AvgIpc) is 3.37. The molecule has 0 unspecified atom stereocenters. The number of aromatic amines is 1. The molecule has 2 aromatic heterocycles. The van der Waals surface area contributed by atoms with E-state index in [1.165, 1.54) is 27.6 Å². The zero-order valence-electron chi connectivity index (χ0n) is 17.5. The predicted octanol–water partition coefficient (Wildman–Crippen LogP) is -2.02. The molecule has 2 fully saturated rings. The molecule has 4 rings (SSSR count). The Labute approximate surface area is 181 Å². The number of H-pyrrole nitrogens is 1. The molecule has 13 heteroatoms. The molecule has 0 aromatic carbocycles. The topological polar surface area (TPSA) is 195 Å². The van der Waals surface area contributed by atoms with Gasteiger partial charge in [0.2, 0.25) is 0 Å². The van der Waals surface area contributed by atoms with Crippen molar-refractivity contribution < 1.29 is 24.8 Å². The number of ether oxygens (including phenoxy) is 2. The van der Waals surface area contributed by atoms with Gasteiger partial charge >= 0.3 is 11.4 Å². The van der Waals surface area contributed by atoms with Gasteiger partial charge in [0.25, 0.3) is 5.56 Å². The van der Waals surface area contributed by atoms with E-state index in [0.29, 0.717) is 18.4 Å². The van der Waals surface area contributed by atoms with Crippen LogP contribution in [-0.2, 0) is 9.47 Å². The fourth-order valence-electron chi connectivity index (χ4n) is 3.52. The van der Waals surface area contributed by atoms with Gasteiger partial charge in [-0.25, -0.2) is 9.59 Å². The summed E-state index contributed by atoms with van der Waals surface area (Å²) in [6.07, 6.45) is 1.93. The lowest BCUT2D eigenvalue weighted by Crippen LogP contribution is -2.33. The minimum atomic E-state index is -0.778. The highest BCUT2D eigenvalue weighted by Crippen LogP contribution is 2.27. The molecule has 176 valence electrons. The third-order valence-corrected chi connectivity index (χ3v) is 5.29. The number of nitrogen functional groups attached to an aromatic ring is 1. The van der Waals surface area contributed by atoms with Crippen molar-refractivity contribution >= 4 is 5.82 Å². The van der Waals surface area contributed by atoms with Crippen LogP contribution in [0.4, 0.5) is 5.82 Å². The number of aromatic nitrogens is 4. The van der Waals surface area contributed by atoms with E-state index in [1.54, 1.807) is 6.92 Å². The summed E-state index contributed by atoms with van der Waals surface area (Å²) in [4.78, 5) is 40.0. The number of aliphatic hydroxyl groups is 3. The molecule has 5 atom stereocenters. The van der Waals surface area contributed by atoms with Crippen molar-refractivity contribution in [2.24, 2.45) is 0 Å². The zero-order valence-corrected chi connectivity index (χ0v) is 17.5. The molecule has 32 heavy (non-hydrogen) atoms. The highest BCUT2D eigenvalue weighted by Gasteiger charge is 2.34. The molecule has 2 aliphatic heterocycles. The molecule has 0 spiro atoms. The van der Waals surface area contributed by atoms with Crippen LogP contribution in [0.2, 0.25) is 0 Å². The molecule has 0 radical (unpaired) electrons. The van der Waals surface area contributed by atoms with Crippen molar-refractivity contribution in [3.63, 3.8) is 0 Å². The second-order valence-corrected chi connectivity index (χ2v) is 7.61. The van der Waals surface area contributed by atoms with Crippen molar-refractivity contribution in [3.8, 4) is 0 Å². The van der Waals surface area contributed by atoms with Crippen molar-refractivity contribution in [1.29, 1.82) is 0 Å². The number of nitrogens with one attached hydrogen (secondary N) is 1. The lowest BCUT2D eigenvalue weighted by atomic mass is 10.2. The van der Waals surface area contributed by atoms with Crippen LogP contribution >= 0.6 is 0 Å². The Morgan fingerprint density at radius 3 is 2.50 bits per heavy atom. The van der Waals surface area contributed by atoms with E-state index in [9.17, 15) is 19.5 Å². The maximum atomic E-state index is 11.5. The first-order valence-electron chi connectivity index (χ1n) is 10.1. The van der Waals surface area contributed by atoms with E-state index in [1.807, 2.05) is 0 Å². The molecule has 2 aliphatic rings. The van der Waals surface area contributed by atoms with Crippen molar-refractivity contribution in [2.45, 2.75) is 57.0 Å². The van der Waals surface area contributed by atoms with Crippen LogP contribution in [0.15, 0.2) is 32.8 Å². The molecule has 4 heterocycles. The maximum absolute atomic E-state index is 11.5. The van der Waals surface area contributed by atoms with Crippen molar-refractivity contribution in [1.82, 2.24) is 19.1 Å². The molecule has 0 aliphatic carbocycles. The zero-order chi connectivity index (χ0) is 23.4. The van der Waals surface area contributed by atoms with Gasteiger partial charge in [0.05, 0.1) is 25.4 Å². The molecule has 13 nitrogen and oxygen atoms in total. The van der Waals surface area contributed by atoms with Gasteiger partial charge in [-0.05, 0) is 25.8 Å². The van der Waals surface area contributed by atoms with Gasteiger partial charge in [0.15, 0.2) is 0 Å². The van der Waals surface area contributed by atoms with E-state index in [2.05, 4.69) is 9.97 Å². The average molecular weight is 453 g/mol. The molecule has 0 amide bonds. The fourth-order valence-corrected chi connectivity index (χ4v) is 3.52. The molecular formula is C19H27N5O8. The van der Waals surface area contributed by atoms with Gasteiger partial charge in [0.1, 0.15) is 24.4 Å². The van der Waals surface area contributed by atoms with E-state index in [-0.39, 0.29) is 43.3 Å². The highest BCUT2D eigenvalue weighted by molar-refractivity contribution is 5.23. The van der Waals surface area contributed by atoms with Crippen molar-refractivity contribution in [2.75, 3.05) is 18.9 Å². The van der Waals surface area contributed by atoms with Gasteiger partial charge in [-0.3, -0.25) is 18.9 Å². The third-order valence-electron chi connectivity index (χ3n) is 5.29. The minimum Gasteiger partial charge on any atom is -0.394 e. The van der Waals surface area contributed by atoms with Gasteiger partial charge in [-0.15, -0.1) is 0 Å². The van der Waals surface area contributed by atoms with Gasteiger partial charge < -0.3 is 30.5 Å². The first kappa shape index (κ1) is 23.8. The fraction of sp³-hybridized carbons (Fsp3) is 0.579. The number of rotatable bonds is 4. The summed E-state index contributed by atoms with van der Waals surface area (Å²) < 4.78 is 13.4. The summed E-state index contributed by atoms with van der Waals surface area (Å²) in [5.74, 6) is 0.138. The number of aryl methyl sites for hydroxylation is 1. The van der Waals surface area contributed by atoms with Crippen LogP contribution in [0.25, 0.3) is 0 Å². The normalized spacial score (nSPS) is 27.2. The van der Waals surface area contributed by atoms with Gasteiger partial charge in [-0.2, -0.15) is 4.98 Å². The van der Waals surface area contributed by atoms with Crippen LogP contribution in [0.1, 0.15) is 37.3 Å². The Hall–Kier alpha value is -2.84. The van der Waals surface area contributed by atoms with Crippen LogP contribution in [-0.4, -0.2) is 65.9 Å². The summed E-state index contributed by atoms with van der Waals surface area (Å²) >= 11 is 0.